The van der Waals surface area contributed by atoms with Gasteiger partial charge in [-0.15, -0.1) is 0 Å². The van der Waals surface area contributed by atoms with Gasteiger partial charge in [-0.2, -0.15) is 0 Å². The molecule has 1 aliphatic heterocycles. The summed E-state index contributed by atoms with van der Waals surface area (Å²) in [5.74, 6) is 0.217. The summed E-state index contributed by atoms with van der Waals surface area (Å²) in [4.78, 5) is 12.4. The number of aliphatic hydroxyl groups is 1. The Bertz CT molecular complexity index is 168. The van der Waals surface area contributed by atoms with Gasteiger partial charge < -0.3 is 20.5 Å². The predicted octanol–water partition coefficient (Wildman–Crippen LogP) is -0.996. The fraction of sp³-hybridized carbons (Fsp3) is 0.857. The highest BCUT2D eigenvalue weighted by molar-refractivity contribution is 5.68. The molecule has 5 nitrogen and oxygen atoms in total. The second-order valence-electron chi connectivity index (χ2n) is 2.98. The molecule has 1 aliphatic rings. The molecule has 1 atom stereocenters. The van der Waals surface area contributed by atoms with Crippen LogP contribution in [0.5, 0.6) is 0 Å². The van der Waals surface area contributed by atoms with E-state index in [-0.39, 0.29) is 24.7 Å². The van der Waals surface area contributed by atoms with E-state index in [0.717, 1.165) is 0 Å². The molecule has 1 fully saturated rings. The molecule has 5 heteroatoms. The van der Waals surface area contributed by atoms with Crippen LogP contribution in [-0.4, -0.2) is 48.9 Å². The van der Waals surface area contributed by atoms with E-state index >= 15 is 0 Å². The van der Waals surface area contributed by atoms with Gasteiger partial charge in [0, 0.05) is 25.0 Å². The molecule has 0 bridgehead atoms. The van der Waals surface area contributed by atoms with E-state index in [2.05, 4.69) is 4.74 Å². The van der Waals surface area contributed by atoms with Gasteiger partial charge in [0.1, 0.15) is 0 Å². The first-order chi connectivity index (χ1) is 5.69. The maximum atomic E-state index is 10.9. The molecule has 1 unspecified atom stereocenters. The maximum Gasteiger partial charge on any atom is 0.409 e. The third-order valence-electron chi connectivity index (χ3n) is 2.16. The number of nitrogens with zero attached hydrogens (tertiary/aromatic N) is 1. The van der Waals surface area contributed by atoms with E-state index in [4.69, 9.17) is 10.8 Å². The minimum atomic E-state index is -0.323. The van der Waals surface area contributed by atoms with Crippen LogP contribution in [0.15, 0.2) is 0 Å². The van der Waals surface area contributed by atoms with E-state index in [1.54, 1.807) is 4.90 Å². The summed E-state index contributed by atoms with van der Waals surface area (Å²) in [6, 6.07) is -0.217. The number of nitrogens with two attached hydrogens (primary N) is 1. The molecule has 12 heavy (non-hydrogen) atoms. The molecule has 1 rings (SSSR count). The Morgan fingerprint density at radius 1 is 1.83 bits per heavy atom. The van der Waals surface area contributed by atoms with Crippen LogP contribution in [0.3, 0.4) is 0 Å². The molecule has 3 N–H and O–H groups in total. The monoisotopic (exact) mass is 174 g/mol. The molecular formula is C7H14N2O3. The summed E-state index contributed by atoms with van der Waals surface area (Å²) in [6.07, 6.45) is -0.323. The van der Waals surface area contributed by atoms with Crippen molar-refractivity contribution in [3.8, 4) is 0 Å². The average Bonchev–Trinajstić information content (AvgIpc) is 2.01. The van der Waals surface area contributed by atoms with Gasteiger partial charge in [0.15, 0.2) is 0 Å². The van der Waals surface area contributed by atoms with Crippen LogP contribution in [0.4, 0.5) is 4.79 Å². The zero-order chi connectivity index (χ0) is 9.14. The van der Waals surface area contributed by atoms with Crippen molar-refractivity contribution in [3.05, 3.63) is 0 Å². The molecule has 0 aromatic rings. The molecule has 1 heterocycles. The molecule has 1 amide bonds. The second-order valence-corrected chi connectivity index (χ2v) is 2.98. The lowest BCUT2D eigenvalue weighted by Crippen LogP contribution is -2.57. The predicted molar refractivity (Wildman–Crippen MR) is 42.5 cm³/mol. The van der Waals surface area contributed by atoms with Crippen LogP contribution >= 0.6 is 0 Å². The van der Waals surface area contributed by atoms with E-state index in [1.807, 2.05) is 0 Å². The zero-order valence-corrected chi connectivity index (χ0v) is 7.06. The second kappa shape index (κ2) is 3.73. The van der Waals surface area contributed by atoms with E-state index in [0.29, 0.717) is 13.1 Å². The number of methoxy groups -OCH3 is 1. The summed E-state index contributed by atoms with van der Waals surface area (Å²) in [7, 11) is 1.35. The number of likely N-dealkylation sites (tertiary alicyclic amines) is 1. The van der Waals surface area contributed by atoms with E-state index in [1.165, 1.54) is 7.11 Å². The van der Waals surface area contributed by atoms with Gasteiger partial charge in [-0.25, -0.2) is 4.79 Å². The highest BCUT2D eigenvalue weighted by Crippen LogP contribution is 2.18. The van der Waals surface area contributed by atoms with Crippen molar-refractivity contribution < 1.29 is 14.6 Å². The quantitative estimate of drug-likeness (QED) is 0.563. The zero-order valence-electron chi connectivity index (χ0n) is 7.06. The van der Waals surface area contributed by atoms with Gasteiger partial charge >= 0.3 is 6.09 Å². The van der Waals surface area contributed by atoms with Crippen molar-refractivity contribution >= 4 is 6.09 Å². The van der Waals surface area contributed by atoms with Crippen molar-refractivity contribution in [3.63, 3.8) is 0 Å². The molecule has 70 valence electrons. The lowest BCUT2D eigenvalue weighted by Gasteiger charge is -2.40. The molecule has 0 aliphatic carbocycles. The van der Waals surface area contributed by atoms with Crippen molar-refractivity contribution in [2.24, 2.45) is 11.7 Å². The molecule has 0 radical (unpaired) electrons. The Hall–Kier alpha value is -0.810. The maximum absolute atomic E-state index is 10.9. The number of carbonyl (C=O) groups excluding carboxylic acids is 1. The lowest BCUT2D eigenvalue weighted by molar-refractivity contribution is 0.0487. The van der Waals surface area contributed by atoms with Gasteiger partial charge in [-0.05, 0) is 0 Å². The van der Waals surface area contributed by atoms with Crippen molar-refractivity contribution in [1.82, 2.24) is 4.90 Å². The minimum Gasteiger partial charge on any atom is -0.453 e. The number of amides is 1. The van der Waals surface area contributed by atoms with Crippen molar-refractivity contribution in [1.29, 1.82) is 0 Å². The Kier molecular flexibility index (Phi) is 2.88. The van der Waals surface area contributed by atoms with Gasteiger partial charge in [0.25, 0.3) is 0 Å². The van der Waals surface area contributed by atoms with Crippen LogP contribution in [0.2, 0.25) is 0 Å². The third kappa shape index (κ3) is 1.67. The topological polar surface area (TPSA) is 75.8 Å². The summed E-state index contributed by atoms with van der Waals surface area (Å²) in [5.41, 5.74) is 5.55. The number of aliphatic hydroxyl groups excluding tert-OH is 1. The Labute approximate surface area is 71.1 Å². The highest BCUT2D eigenvalue weighted by atomic mass is 16.5. The molecular weight excluding hydrogens is 160 g/mol. The van der Waals surface area contributed by atoms with E-state index < -0.39 is 0 Å². The van der Waals surface area contributed by atoms with Crippen LogP contribution < -0.4 is 5.73 Å². The Balaban J connectivity index is 2.23. The summed E-state index contributed by atoms with van der Waals surface area (Å²) < 4.78 is 4.50. The van der Waals surface area contributed by atoms with Gasteiger partial charge in [-0.3, -0.25) is 0 Å². The van der Waals surface area contributed by atoms with Gasteiger partial charge in [-0.1, -0.05) is 0 Å². The Morgan fingerprint density at radius 3 is 2.83 bits per heavy atom. The number of carbonyl (C=O) groups is 1. The molecule has 0 aromatic carbocycles. The largest absolute Gasteiger partial charge is 0.453 e. The van der Waals surface area contributed by atoms with Crippen LogP contribution in [0.25, 0.3) is 0 Å². The number of rotatable bonds is 2. The molecule has 0 aromatic heterocycles. The van der Waals surface area contributed by atoms with Crippen LogP contribution in [0, 0.1) is 5.92 Å². The van der Waals surface area contributed by atoms with Gasteiger partial charge in [0.05, 0.1) is 13.7 Å². The normalized spacial score (nSPS) is 20.1. The molecule has 1 saturated heterocycles. The third-order valence-corrected chi connectivity index (χ3v) is 2.16. The Morgan fingerprint density at radius 2 is 2.42 bits per heavy atom. The molecule has 0 saturated carbocycles. The number of hydrogen-bond donors (Lipinski definition) is 2. The summed E-state index contributed by atoms with van der Waals surface area (Å²) in [6.45, 7) is 1.16. The lowest BCUT2D eigenvalue weighted by atomic mass is 9.93. The fourth-order valence-electron chi connectivity index (χ4n) is 1.21. The fourth-order valence-corrected chi connectivity index (χ4v) is 1.21. The summed E-state index contributed by atoms with van der Waals surface area (Å²) in [5, 5.41) is 8.69. The van der Waals surface area contributed by atoms with Crippen molar-refractivity contribution in [2.45, 2.75) is 6.04 Å². The number of hydrogen-bond acceptors (Lipinski definition) is 4. The van der Waals surface area contributed by atoms with Crippen LogP contribution in [-0.2, 0) is 4.74 Å². The SMILES string of the molecule is COC(=O)N1CC(C(N)CO)C1. The van der Waals surface area contributed by atoms with Crippen molar-refractivity contribution in [2.75, 3.05) is 26.8 Å². The van der Waals surface area contributed by atoms with E-state index in [9.17, 15) is 4.79 Å². The first kappa shape index (κ1) is 9.28. The first-order valence-corrected chi connectivity index (χ1v) is 3.88. The molecule has 0 spiro atoms. The highest BCUT2D eigenvalue weighted by Gasteiger charge is 2.34. The van der Waals surface area contributed by atoms with Gasteiger partial charge in [0.2, 0.25) is 0 Å². The summed E-state index contributed by atoms with van der Waals surface area (Å²) >= 11 is 0. The van der Waals surface area contributed by atoms with Crippen LogP contribution in [0.1, 0.15) is 0 Å². The smallest absolute Gasteiger partial charge is 0.409 e. The first-order valence-electron chi connectivity index (χ1n) is 3.88. The minimum absolute atomic E-state index is 0.0281. The standard InChI is InChI=1S/C7H14N2O3/c1-12-7(11)9-2-5(3-9)6(8)4-10/h5-6,10H,2-4,8H2,1H3. The number of ether oxygens (including phenoxy) is 1. The average molecular weight is 174 g/mol.